The van der Waals surface area contributed by atoms with Crippen LogP contribution in [0.1, 0.15) is 53.4 Å². The predicted octanol–water partition coefficient (Wildman–Crippen LogP) is 1.63. The summed E-state index contributed by atoms with van der Waals surface area (Å²) in [6.45, 7) is 8.72. The van der Waals surface area contributed by atoms with E-state index in [9.17, 15) is 9.59 Å². The number of nitrogens with one attached hydrogen (secondary N) is 1. The van der Waals surface area contributed by atoms with Crippen LogP contribution in [0.5, 0.6) is 0 Å². The molecule has 1 saturated heterocycles. The molecule has 0 spiro atoms. The molecule has 0 aromatic rings. The van der Waals surface area contributed by atoms with Crippen LogP contribution in [0.2, 0.25) is 0 Å². The summed E-state index contributed by atoms with van der Waals surface area (Å²) in [7, 11) is 0. The minimum atomic E-state index is -0.568. The van der Waals surface area contributed by atoms with Gasteiger partial charge in [0.25, 0.3) is 0 Å². The van der Waals surface area contributed by atoms with Crippen molar-refractivity contribution >= 4 is 12.0 Å². The van der Waals surface area contributed by atoms with Crippen LogP contribution in [0.25, 0.3) is 0 Å². The number of nitrogens with zero attached hydrogens (tertiary/aromatic N) is 1. The molecule has 21 heavy (non-hydrogen) atoms. The van der Waals surface area contributed by atoms with E-state index in [0.717, 1.165) is 19.3 Å². The van der Waals surface area contributed by atoms with Gasteiger partial charge in [0.05, 0.1) is 0 Å². The largest absolute Gasteiger partial charge is 0.444 e. The van der Waals surface area contributed by atoms with Gasteiger partial charge in [-0.15, -0.1) is 0 Å². The number of ether oxygens (including phenoxy) is 1. The van der Waals surface area contributed by atoms with Crippen LogP contribution in [-0.4, -0.2) is 47.7 Å². The summed E-state index contributed by atoms with van der Waals surface area (Å²) >= 11 is 0. The second-order valence-electron chi connectivity index (χ2n) is 6.65. The highest BCUT2D eigenvalue weighted by molar-refractivity contribution is 5.85. The molecule has 1 rings (SSSR count). The Hall–Kier alpha value is -1.30. The van der Waals surface area contributed by atoms with Crippen LogP contribution in [0, 0.1) is 0 Å². The Bertz CT molecular complexity index is 358. The first-order valence-electron chi connectivity index (χ1n) is 7.77. The Kier molecular flexibility index (Phi) is 6.45. The van der Waals surface area contributed by atoms with E-state index in [4.69, 9.17) is 10.5 Å². The number of likely N-dealkylation sites (tertiary alicyclic amines) is 1. The molecule has 1 unspecified atom stereocenters. The summed E-state index contributed by atoms with van der Waals surface area (Å²) in [5, 5.41) is 2.70. The summed E-state index contributed by atoms with van der Waals surface area (Å²) in [5.74, 6) is -0.0328. The molecule has 0 aromatic heterocycles. The zero-order chi connectivity index (χ0) is 16.0. The van der Waals surface area contributed by atoms with E-state index in [1.165, 1.54) is 0 Å². The fraction of sp³-hybridized carbons (Fsp3) is 0.867. The zero-order valence-electron chi connectivity index (χ0n) is 13.6. The maximum absolute atomic E-state index is 12.5. The third kappa shape index (κ3) is 6.33. The van der Waals surface area contributed by atoms with Gasteiger partial charge in [0.15, 0.2) is 0 Å². The predicted molar refractivity (Wildman–Crippen MR) is 81.9 cm³/mol. The second kappa shape index (κ2) is 7.64. The highest BCUT2D eigenvalue weighted by Crippen LogP contribution is 2.13. The Morgan fingerprint density at radius 1 is 1.33 bits per heavy atom. The number of hydrogen-bond donors (Lipinski definition) is 2. The molecular weight excluding hydrogens is 270 g/mol. The first kappa shape index (κ1) is 17.8. The Morgan fingerprint density at radius 2 is 1.90 bits per heavy atom. The second-order valence-corrected chi connectivity index (χ2v) is 6.65. The molecule has 2 amide bonds. The topological polar surface area (TPSA) is 84.7 Å². The summed E-state index contributed by atoms with van der Waals surface area (Å²) in [4.78, 5) is 26.2. The molecule has 0 bridgehead atoms. The highest BCUT2D eigenvalue weighted by atomic mass is 16.6. The normalized spacial score (nSPS) is 18.2. The number of hydrogen-bond acceptors (Lipinski definition) is 4. The maximum atomic E-state index is 12.5. The molecule has 122 valence electrons. The molecule has 6 heteroatoms. The number of carbonyl (C=O) groups excluding carboxylic acids is 2. The standard InChI is InChI=1S/C15H29N3O3/c1-5-6-12(17-14(20)21-15(2,3)4)13(19)18-9-7-11(16)8-10-18/h11-12H,5-10,16H2,1-4H3,(H,17,20). The van der Waals surface area contributed by atoms with Crippen molar-refractivity contribution in [2.24, 2.45) is 5.73 Å². The lowest BCUT2D eigenvalue weighted by molar-refractivity contribution is -0.134. The van der Waals surface area contributed by atoms with Gasteiger partial charge in [-0.3, -0.25) is 4.79 Å². The van der Waals surface area contributed by atoms with Gasteiger partial charge in [-0.25, -0.2) is 4.79 Å². The van der Waals surface area contributed by atoms with E-state index in [2.05, 4.69) is 5.32 Å². The molecule has 0 saturated carbocycles. The Balaban J connectivity index is 2.59. The van der Waals surface area contributed by atoms with Gasteiger partial charge in [-0.05, 0) is 40.0 Å². The SMILES string of the molecule is CCCC(NC(=O)OC(C)(C)C)C(=O)N1CCC(N)CC1. The van der Waals surface area contributed by atoms with Crippen molar-refractivity contribution in [3.05, 3.63) is 0 Å². The fourth-order valence-corrected chi connectivity index (χ4v) is 2.34. The molecule has 0 aliphatic carbocycles. The third-order valence-corrected chi connectivity index (χ3v) is 3.42. The van der Waals surface area contributed by atoms with Crippen molar-refractivity contribution < 1.29 is 14.3 Å². The molecular formula is C15H29N3O3. The van der Waals surface area contributed by atoms with E-state index >= 15 is 0 Å². The summed E-state index contributed by atoms with van der Waals surface area (Å²) in [6, 6.07) is -0.336. The van der Waals surface area contributed by atoms with Crippen molar-refractivity contribution in [3.63, 3.8) is 0 Å². The lowest BCUT2D eigenvalue weighted by Crippen LogP contribution is -2.52. The van der Waals surface area contributed by atoms with E-state index in [0.29, 0.717) is 19.5 Å². The zero-order valence-corrected chi connectivity index (χ0v) is 13.6. The van der Waals surface area contributed by atoms with Crippen molar-refractivity contribution in [2.75, 3.05) is 13.1 Å². The lowest BCUT2D eigenvalue weighted by atomic mass is 10.0. The van der Waals surface area contributed by atoms with Crippen LogP contribution in [0.3, 0.4) is 0 Å². The van der Waals surface area contributed by atoms with Crippen LogP contribution >= 0.6 is 0 Å². The number of piperidine rings is 1. The number of alkyl carbamates (subject to hydrolysis) is 1. The molecule has 3 N–H and O–H groups in total. The van der Waals surface area contributed by atoms with Gasteiger partial charge in [-0.2, -0.15) is 0 Å². The van der Waals surface area contributed by atoms with Crippen LogP contribution in [0.15, 0.2) is 0 Å². The first-order valence-corrected chi connectivity index (χ1v) is 7.77. The van der Waals surface area contributed by atoms with Gasteiger partial charge < -0.3 is 20.7 Å². The minimum absolute atomic E-state index is 0.0328. The van der Waals surface area contributed by atoms with Crippen LogP contribution < -0.4 is 11.1 Å². The first-order chi connectivity index (χ1) is 9.73. The fourth-order valence-electron chi connectivity index (χ4n) is 2.34. The molecule has 6 nitrogen and oxygen atoms in total. The molecule has 0 radical (unpaired) electrons. The number of amides is 2. The number of carbonyl (C=O) groups is 2. The van der Waals surface area contributed by atoms with Crippen molar-refractivity contribution in [3.8, 4) is 0 Å². The smallest absolute Gasteiger partial charge is 0.408 e. The molecule has 1 aliphatic rings. The van der Waals surface area contributed by atoms with Crippen LogP contribution in [-0.2, 0) is 9.53 Å². The van der Waals surface area contributed by atoms with Gasteiger partial charge in [0.2, 0.25) is 5.91 Å². The van der Waals surface area contributed by atoms with E-state index in [-0.39, 0.29) is 11.9 Å². The molecule has 1 heterocycles. The number of rotatable bonds is 4. The van der Waals surface area contributed by atoms with Crippen molar-refractivity contribution in [1.82, 2.24) is 10.2 Å². The summed E-state index contributed by atoms with van der Waals surface area (Å²) in [5.41, 5.74) is 5.29. The van der Waals surface area contributed by atoms with Gasteiger partial charge in [-0.1, -0.05) is 13.3 Å². The van der Waals surface area contributed by atoms with E-state index in [1.54, 1.807) is 25.7 Å². The average molecular weight is 299 g/mol. The van der Waals surface area contributed by atoms with E-state index < -0.39 is 17.7 Å². The minimum Gasteiger partial charge on any atom is -0.444 e. The Labute approximate surface area is 127 Å². The summed E-state index contributed by atoms with van der Waals surface area (Å²) in [6.07, 6.45) is 2.52. The number of nitrogens with two attached hydrogens (primary N) is 1. The van der Waals surface area contributed by atoms with Gasteiger partial charge in [0.1, 0.15) is 11.6 Å². The van der Waals surface area contributed by atoms with Gasteiger partial charge >= 0.3 is 6.09 Å². The lowest BCUT2D eigenvalue weighted by Gasteiger charge is -2.33. The Morgan fingerprint density at radius 3 is 2.38 bits per heavy atom. The van der Waals surface area contributed by atoms with E-state index in [1.807, 2.05) is 6.92 Å². The van der Waals surface area contributed by atoms with Crippen molar-refractivity contribution in [2.45, 2.75) is 71.1 Å². The molecule has 0 aromatic carbocycles. The molecule has 1 fully saturated rings. The third-order valence-electron chi connectivity index (χ3n) is 3.42. The maximum Gasteiger partial charge on any atom is 0.408 e. The quantitative estimate of drug-likeness (QED) is 0.826. The highest BCUT2D eigenvalue weighted by Gasteiger charge is 2.29. The van der Waals surface area contributed by atoms with Crippen molar-refractivity contribution in [1.29, 1.82) is 0 Å². The molecule has 1 atom stereocenters. The molecule has 1 aliphatic heterocycles. The average Bonchev–Trinajstić information content (AvgIpc) is 2.36. The summed E-state index contributed by atoms with van der Waals surface area (Å²) < 4.78 is 5.23. The monoisotopic (exact) mass is 299 g/mol. The van der Waals surface area contributed by atoms with Gasteiger partial charge in [0, 0.05) is 19.1 Å². The van der Waals surface area contributed by atoms with Crippen LogP contribution in [0.4, 0.5) is 4.79 Å².